The quantitative estimate of drug-likeness (QED) is 0.615. The molecule has 90 valence electrons. The molecule has 0 saturated carbocycles. The number of carbonyl (C=O) groups excluding carboxylic acids is 2. The van der Waals surface area contributed by atoms with E-state index in [9.17, 15) is 9.59 Å². The molecule has 0 N–H and O–H groups in total. The smallest absolute Gasteiger partial charge is 0.349 e. The van der Waals surface area contributed by atoms with E-state index in [0.29, 0.717) is 14.6 Å². The van der Waals surface area contributed by atoms with E-state index in [2.05, 4.69) is 9.47 Å². The standard InChI is InChI=1S/C10H9NO4S2/c1-14-9(12)7-5-6(16-4-3-11)8(17-7)10(13)15-2/h5H,4H2,1-2H3. The molecule has 0 aliphatic heterocycles. The van der Waals surface area contributed by atoms with E-state index >= 15 is 0 Å². The Bertz CT molecular complexity index is 475. The minimum atomic E-state index is -0.523. The van der Waals surface area contributed by atoms with Crippen molar-refractivity contribution in [2.45, 2.75) is 4.90 Å². The van der Waals surface area contributed by atoms with Gasteiger partial charge in [0.25, 0.3) is 0 Å². The molecule has 1 aromatic heterocycles. The highest BCUT2D eigenvalue weighted by atomic mass is 32.2. The number of rotatable bonds is 4. The number of carbonyl (C=O) groups is 2. The molecule has 0 fully saturated rings. The second-order valence-electron chi connectivity index (χ2n) is 2.73. The van der Waals surface area contributed by atoms with Gasteiger partial charge in [0, 0.05) is 4.90 Å². The van der Waals surface area contributed by atoms with Gasteiger partial charge in [0.2, 0.25) is 0 Å². The van der Waals surface area contributed by atoms with Gasteiger partial charge in [-0.3, -0.25) is 0 Å². The lowest BCUT2D eigenvalue weighted by Crippen LogP contribution is -1.99. The van der Waals surface area contributed by atoms with Gasteiger partial charge >= 0.3 is 11.9 Å². The first-order chi connectivity index (χ1) is 8.13. The van der Waals surface area contributed by atoms with Gasteiger partial charge in [-0.15, -0.1) is 23.1 Å². The fraction of sp³-hybridized carbons (Fsp3) is 0.300. The third-order valence-electron chi connectivity index (χ3n) is 1.75. The lowest BCUT2D eigenvalue weighted by atomic mass is 10.4. The number of hydrogen-bond acceptors (Lipinski definition) is 7. The van der Waals surface area contributed by atoms with Crippen molar-refractivity contribution in [1.29, 1.82) is 5.26 Å². The Kier molecular flexibility index (Phi) is 5.00. The van der Waals surface area contributed by atoms with Crippen molar-refractivity contribution in [2.75, 3.05) is 20.0 Å². The summed E-state index contributed by atoms with van der Waals surface area (Å²) >= 11 is 2.18. The monoisotopic (exact) mass is 271 g/mol. The third kappa shape index (κ3) is 3.22. The Morgan fingerprint density at radius 2 is 2.06 bits per heavy atom. The molecule has 0 aromatic carbocycles. The van der Waals surface area contributed by atoms with E-state index in [-0.39, 0.29) is 5.75 Å². The van der Waals surface area contributed by atoms with Crippen LogP contribution in [0.3, 0.4) is 0 Å². The Morgan fingerprint density at radius 1 is 1.41 bits per heavy atom. The number of methoxy groups -OCH3 is 2. The highest BCUT2D eigenvalue weighted by Gasteiger charge is 2.20. The molecule has 1 rings (SSSR count). The molecule has 7 heteroatoms. The number of hydrogen-bond donors (Lipinski definition) is 0. The van der Waals surface area contributed by atoms with E-state index < -0.39 is 11.9 Å². The number of thioether (sulfide) groups is 1. The molecule has 0 amide bonds. The number of nitrogens with zero attached hydrogens (tertiary/aromatic N) is 1. The van der Waals surface area contributed by atoms with Crippen LogP contribution in [0.5, 0.6) is 0 Å². The van der Waals surface area contributed by atoms with Crippen molar-refractivity contribution >= 4 is 35.0 Å². The van der Waals surface area contributed by atoms with Crippen LogP contribution in [0.4, 0.5) is 0 Å². The van der Waals surface area contributed by atoms with E-state index in [0.717, 1.165) is 11.3 Å². The Hall–Kier alpha value is -1.52. The van der Waals surface area contributed by atoms with Crippen LogP contribution in [-0.2, 0) is 9.47 Å². The van der Waals surface area contributed by atoms with Crippen molar-refractivity contribution in [3.05, 3.63) is 15.8 Å². The molecule has 0 aliphatic rings. The number of nitriles is 1. The summed E-state index contributed by atoms with van der Waals surface area (Å²) in [7, 11) is 2.53. The molecule has 1 aromatic rings. The van der Waals surface area contributed by atoms with Crippen LogP contribution in [0.2, 0.25) is 0 Å². The Balaban J connectivity index is 3.07. The Morgan fingerprint density at radius 3 is 2.59 bits per heavy atom. The van der Waals surface area contributed by atoms with Crippen LogP contribution in [0.15, 0.2) is 11.0 Å². The second kappa shape index (κ2) is 6.27. The maximum absolute atomic E-state index is 11.5. The average Bonchev–Trinajstić information content (AvgIpc) is 2.78. The van der Waals surface area contributed by atoms with Crippen molar-refractivity contribution in [3.8, 4) is 6.07 Å². The van der Waals surface area contributed by atoms with Crippen LogP contribution in [0, 0.1) is 11.3 Å². The normalized spacial score (nSPS) is 9.47. The minimum absolute atomic E-state index is 0.196. The molecule has 0 atom stereocenters. The van der Waals surface area contributed by atoms with Gasteiger partial charge in [0.15, 0.2) is 0 Å². The summed E-state index contributed by atoms with van der Waals surface area (Å²) in [6.45, 7) is 0. The summed E-state index contributed by atoms with van der Waals surface area (Å²) < 4.78 is 9.17. The number of esters is 2. The number of thiophene rings is 1. The van der Waals surface area contributed by atoms with E-state index in [4.69, 9.17) is 5.26 Å². The van der Waals surface area contributed by atoms with Crippen molar-refractivity contribution in [3.63, 3.8) is 0 Å². The van der Waals surface area contributed by atoms with Gasteiger partial charge in [-0.1, -0.05) is 0 Å². The van der Waals surface area contributed by atoms with Crippen molar-refractivity contribution in [1.82, 2.24) is 0 Å². The minimum Gasteiger partial charge on any atom is -0.465 e. The zero-order chi connectivity index (χ0) is 12.8. The van der Waals surface area contributed by atoms with Crippen LogP contribution in [-0.4, -0.2) is 31.9 Å². The maximum atomic E-state index is 11.5. The zero-order valence-electron chi connectivity index (χ0n) is 9.18. The second-order valence-corrected chi connectivity index (χ2v) is 4.80. The molecule has 1 heterocycles. The molecule has 0 aliphatic carbocycles. The van der Waals surface area contributed by atoms with Crippen LogP contribution in [0.1, 0.15) is 19.3 Å². The average molecular weight is 271 g/mol. The summed E-state index contributed by atoms with van der Waals surface area (Å²) in [5, 5.41) is 8.50. The first kappa shape index (κ1) is 13.5. The topological polar surface area (TPSA) is 76.4 Å². The van der Waals surface area contributed by atoms with E-state index in [1.165, 1.54) is 32.0 Å². The Labute approximate surface area is 106 Å². The highest BCUT2D eigenvalue weighted by molar-refractivity contribution is 7.99. The van der Waals surface area contributed by atoms with E-state index in [1.54, 1.807) is 0 Å². The summed E-state index contributed by atoms with van der Waals surface area (Å²) in [6, 6.07) is 3.48. The molecule has 0 saturated heterocycles. The number of ether oxygens (including phenoxy) is 2. The highest BCUT2D eigenvalue weighted by Crippen LogP contribution is 2.31. The molecule has 0 spiro atoms. The zero-order valence-corrected chi connectivity index (χ0v) is 10.8. The SMILES string of the molecule is COC(=O)c1cc(SCC#N)c(C(=O)OC)s1. The van der Waals surface area contributed by atoms with Crippen LogP contribution < -0.4 is 0 Å². The fourth-order valence-electron chi connectivity index (χ4n) is 1.03. The lowest BCUT2D eigenvalue weighted by molar-refractivity contribution is 0.0596. The van der Waals surface area contributed by atoms with Crippen LogP contribution >= 0.6 is 23.1 Å². The van der Waals surface area contributed by atoms with Gasteiger partial charge in [0.05, 0.1) is 26.0 Å². The van der Waals surface area contributed by atoms with Crippen molar-refractivity contribution in [2.24, 2.45) is 0 Å². The molecule has 5 nitrogen and oxygen atoms in total. The molecular weight excluding hydrogens is 262 g/mol. The van der Waals surface area contributed by atoms with Gasteiger partial charge < -0.3 is 9.47 Å². The predicted molar refractivity (Wildman–Crippen MR) is 63.3 cm³/mol. The van der Waals surface area contributed by atoms with Gasteiger partial charge in [-0.2, -0.15) is 5.26 Å². The molecular formula is C10H9NO4S2. The molecule has 0 bridgehead atoms. The predicted octanol–water partition coefficient (Wildman–Crippen LogP) is 1.94. The molecule has 17 heavy (non-hydrogen) atoms. The fourth-order valence-corrected chi connectivity index (χ4v) is 2.93. The van der Waals surface area contributed by atoms with Crippen LogP contribution in [0.25, 0.3) is 0 Å². The van der Waals surface area contributed by atoms with Gasteiger partial charge in [0.1, 0.15) is 9.75 Å². The summed E-state index contributed by atoms with van der Waals surface area (Å²) in [5.74, 6) is -0.837. The lowest BCUT2D eigenvalue weighted by Gasteiger charge is -1.97. The molecule has 0 unspecified atom stereocenters. The van der Waals surface area contributed by atoms with Gasteiger partial charge in [-0.05, 0) is 6.07 Å². The maximum Gasteiger partial charge on any atom is 0.349 e. The third-order valence-corrected chi connectivity index (χ3v) is 3.88. The first-order valence-electron chi connectivity index (χ1n) is 4.44. The van der Waals surface area contributed by atoms with E-state index in [1.807, 2.05) is 6.07 Å². The summed E-state index contributed by atoms with van der Waals surface area (Å²) in [5.41, 5.74) is 0. The molecule has 0 radical (unpaired) electrons. The first-order valence-corrected chi connectivity index (χ1v) is 6.24. The largest absolute Gasteiger partial charge is 0.465 e. The van der Waals surface area contributed by atoms with Gasteiger partial charge in [-0.25, -0.2) is 9.59 Å². The van der Waals surface area contributed by atoms with Crippen molar-refractivity contribution < 1.29 is 19.1 Å². The summed E-state index contributed by atoms with van der Waals surface area (Å²) in [6.07, 6.45) is 0. The summed E-state index contributed by atoms with van der Waals surface area (Å²) in [4.78, 5) is 24.0.